The summed E-state index contributed by atoms with van der Waals surface area (Å²) in [4.78, 5) is 0. The second-order valence-electron chi connectivity index (χ2n) is 8.70. The summed E-state index contributed by atoms with van der Waals surface area (Å²) in [5.41, 5.74) is 0.451. The summed E-state index contributed by atoms with van der Waals surface area (Å²) in [6, 6.07) is 0. The first-order valence-corrected chi connectivity index (χ1v) is 13.5. The molecule has 0 radical (unpaired) electrons. The number of primary sulfonamides is 1. The molecule has 0 saturated heterocycles. The summed E-state index contributed by atoms with van der Waals surface area (Å²) in [6.45, 7) is 10.2. The molecule has 5 nitrogen and oxygen atoms in total. The molecule has 0 aromatic carbocycles. The molecule has 6 heteroatoms. The summed E-state index contributed by atoms with van der Waals surface area (Å²) in [5, 5.41) is 14.4. The average Bonchev–Trinajstić information content (AvgIpc) is 2.70. The lowest BCUT2D eigenvalue weighted by molar-refractivity contribution is 0.118. The van der Waals surface area contributed by atoms with Gasteiger partial charge in [0.2, 0.25) is 10.0 Å². The van der Waals surface area contributed by atoms with Crippen LogP contribution in [0.15, 0.2) is 0 Å². The van der Waals surface area contributed by atoms with Crippen LogP contribution in [0.1, 0.15) is 118 Å². The number of ether oxygens (including phenoxy) is 1. The lowest BCUT2D eigenvalue weighted by Gasteiger charge is -2.32. The van der Waals surface area contributed by atoms with Crippen LogP contribution in [-0.2, 0) is 14.8 Å². The molecule has 0 atom stereocenters. The minimum Gasteiger partial charge on any atom is -0.396 e. The highest BCUT2D eigenvalue weighted by Crippen LogP contribution is 2.38. The molecule has 0 aliphatic carbocycles. The summed E-state index contributed by atoms with van der Waals surface area (Å²) in [7, 11) is -3.51. The molecule has 3 N–H and O–H groups in total. The van der Waals surface area contributed by atoms with Crippen LogP contribution < -0.4 is 5.14 Å². The van der Waals surface area contributed by atoms with Gasteiger partial charge in [-0.25, -0.2) is 13.6 Å². The maximum absolute atomic E-state index is 11.9. The maximum atomic E-state index is 11.9. The molecule has 176 valence electrons. The van der Waals surface area contributed by atoms with Gasteiger partial charge in [-0.15, -0.1) is 0 Å². The number of rotatable bonds is 20. The second-order valence-corrected chi connectivity index (χ2v) is 10.7. The summed E-state index contributed by atoms with van der Waals surface area (Å²) in [5.74, 6) is 0. The first kappa shape index (κ1) is 28.8. The fourth-order valence-corrected chi connectivity index (χ4v) is 5.71. The summed E-state index contributed by atoms with van der Waals surface area (Å²) in [6.07, 6.45) is 14.0. The highest BCUT2D eigenvalue weighted by Gasteiger charge is 2.37. The third-order valence-electron chi connectivity index (χ3n) is 7.17. The second kappa shape index (κ2) is 15.6. The van der Waals surface area contributed by atoms with Crippen molar-refractivity contribution in [2.24, 2.45) is 10.6 Å². The number of aliphatic hydroxyl groups excluding tert-OH is 1. The Morgan fingerprint density at radius 3 is 1.62 bits per heavy atom. The van der Waals surface area contributed by atoms with Gasteiger partial charge in [-0.2, -0.15) is 0 Å². The first-order chi connectivity index (χ1) is 13.8. The third kappa shape index (κ3) is 10.6. The number of sulfonamides is 1. The first-order valence-electron chi connectivity index (χ1n) is 12.0. The van der Waals surface area contributed by atoms with Gasteiger partial charge in [-0.3, -0.25) is 0 Å². The van der Waals surface area contributed by atoms with E-state index in [0.29, 0.717) is 37.9 Å². The Morgan fingerprint density at radius 1 is 0.724 bits per heavy atom. The molecule has 0 saturated carbocycles. The predicted molar refractivity (Wildman–Crippen MR) is 124 cm³/mol. The van der Waals surface area contributed by atoms with Gasteiger partial charge < -0.3 is 9.84 Å². The highest BCUT2D eigenvalue weighted by molar-refractivity contribution is 7.90. The zero-order valence-electron chi connectivity index (χ0n) is 19.7. The molecule has 0 aliphatic rings. The van der Waals surface area contributed by atoms with Crippen molar-refractivity contribution in [3.05, 3.63) is 0 Å². The van der Waals surface area contributed by atoms with Gasteiger partial charge >= 0.3 is 0 Å². The van der Waals surface area contributed by atoms with Gasteiger partial charge in [0, 0.05) is 19.8 Å². The van der Waals surface area contributed by atoms with E-state index in [0.717, 1.165) is 38.7 Å². The van der Waals surface area contributed by atoms with Crippen molar-refractivity contribution in [3.8, 4) is 0 Å². The van der Waals surface area contributed by atoms with E-state index in [1.54, 1.807) is 0 Å². The van der Waals surface area contributed by atoms with Crippen molar-refractivity contribution in [3.63, 3.8) is 0 Å². The van der Waals surface area contributed by atoms with E-state index in [2.05, 4.69) is 13.8 Å². The quantitative estimate of drug-likeness (QED) is 0.245. The van der Waals surface area contributed by atoms with Crippen molar-refractivity contribution in [1.82, 2.24) is 0 Å². The van der Waals surface area contributed by atoms with E-state index < -0.39 is 14.8 Å². The minimum atomic E-state index is -3.51. The van der Waals surface area contributed by atoms with E-state index in [-0.39, 0.29) is 0 Å². The molecule has 0 rings (SSSR count). The van der Waals surface area contributed by atoms with Crippen LogP contribution in [0.25, 0.3) is 0 Å². The number of unbranched alkanes of at least 4 members (excludes halogenated alkanes) is 4. The molecular formula is C23H49NO4S. The normalized spacial score (nSPS) is 13.2. The van der Waals surface area contributed by atoms with Crippen molar-refractivity contribution in [1.29, 1.82) is 0 Å². The highest BCUT2D eigenvalue weighted by atomic mass is 32.2. The van der Waals surface area contributed by atoms with Gasteiger partial charge in [-0.05, 0) is 63.2 Å². The molecule has 0 bridgehead atoms. The van der Waals surface area contributed by atoms with Gasteiger partial charge in [0.05, 0.1) is 4.75 Å². The molecule has 0 unspecified atom stereocenters. The smallest absolute Gasteiger partial charge is 0.214 e. The van der Waals surface area contributed by atoms with Crippen LogP contribution in [0.2, 0.25) is 0 Å². The molecular weight excluding hydrogens is 386 g/mol. The van der Waals surface area contributed by atoms with Crippen molar-refractivity contribution in [2.75, 3.05) is 19.8 Å². The molecule has 0 heterocycles. The number of hydrogen-bond acceptors (Lipinski definition) is 4. The molecule has 0 aromatic rings. The fourth-order valence-electron chi connectivity index (χ4n) is 4.48. The van der Waals surface area contributed by atoms with E-state index in [1.807, 2.05) is 13.8 Å². The van der Waals surface area contributed by atoms with E-state index in [1.165, 1.54) is 38.5 Å². The molecule has 0 aliphatic heterocycles. The Morgan fingerprint density at radius 2 is 1.21 bits per heavy atom. The maximum Gasteiger partial charge on any atom is 0.214 e. The van der Waals surface area contributed by atoms with Gasteiger partial charge in [0.25, 0.3) is 0 Å². The van der Waals surface area contributed by atoms with Crippen LogP contribution in [0.5, 0.6) is 0 Å². The molecule has 0 amide bonds. The Hall–Kier alpha value is -0.170. The summed E-state index contributed by atoms with van der Waals surface area (Å²) >= 11 is 0. The van der Waals surface area contributed by atoms with Crippen molar-refractivity contribution in [2.45, 2.75) is 122 Å². The largest absolute Gasteiger partial charge is 0.396 e. The molecule has 0 aromatic heterocycles. The monoisotopic (exact) mass is 435 g/mol. The fraction of sp³-hybridized carbons (Fsp3) is 1.00. The minimum absolute atomic E-state index is 0.308. The lowest BCUT2D eigenvalue weighted by Crippen LogP contribution is -2.42. The zero-order valence-corrected chi connectivity index (χ0v) is 20.5. The Bertz CT molecular complexity index is 485. The van der Waals surface area contributed by atoms with Gasteiger partial charge in [0.1, 0.15) is 0 Å². The predicted octanol–water partition coefficient (Wildman–Crippen LogP) is 5.55. The zero-order chi connectivity index (χ0) is 22.2. The van der Waals surface area contributed by atoms with Crippen LogP contribution in [0.4, 0.5) is 0 Å². The van der Waals surface area contributed by atoms with Crippen molar-refractivity contribution < 1.29 is 18.3 Å². The van der Waals surface area contributed by atoms with Crippen LogP contribution in [0, 0.1) is 5.41 Å². The van der Waals surface area contributed by atoms with Gasteiger partial charge in [-0.1, -0.05) is 59.8 Å². The van der Waals surface area contributed by atoms with Crippen LogP contribution in [0.3, 0.4) is 0 Å². The molecule has 29 heavy (non-hydrogen) atoms. The number of nitrogens with two attached hydrogens (primary N) is 1. The third-order valence-corrected chi connectivity index (χ3v) is 9.16. The van der Waals surface area contributed by atoms with Crippen LogP contribution >= 0.6 is 0 Å². The summed E-state index contributed by atoms with van der Waals surface area (Å²) < 4.78 is 28.9. The lowest BCUT2D eigenvalue weighted by atomic mass is 9.74. The SMILES string of the molecule is CCC(CC)(CCCCCO)CCCCOCCCCC(CC)(CC)S(N)(=O)=O. The Balaban J connectivity index is 4.00. The molecule has 0 fully saturated rings. The van der Waals surface area contributed by atoms with Crippen LogP contribution in [-0.4, -0.2) is 38.1 Å². The number of hydrogen-bond donors (Lipinski definition) is 2. The Labute approximate surface area is 181 Å². The number of aliphatic hydroxyl groups is 1. The van der Waals surface area contributed by atoms with E-state index in [4.69, 9.17) is 15.0 Å². The van der Waals surface area contributed by atoms with Gasteiger partial charge in [0.15, 0.2) is 0 Å². The van der Waals surface area contributed by atoms with E-state index in [9.17, 15) is 8.42 Å². The van der Waals surface area contributed by atoms with Crippen molar-refractivity contribution >= 4 is 10.0 Å². The molecule has 0 spiro atoms. The topological polar surface area (TPSA) is 89.6 Å². The average molecular weight is 436 g/mol. The van der Waals surface area contributed by atoms with E-state index >= 15 is 0 Å². The Kier molecular flexibility index (Phi) is 15.5. The standard InChI is InChI=1S/C23H49NO4S/c1-5-22(6-2,16-10-9-13-19-25)17-11-14-20-28-21-15-12-18-23(7-3,8-4)29(24,26)27/h25H,5-21H2,1-4H3,(H2,24,26,27).